The number of benzene rings is 3. The Morgan fingerprint density at radius 1 is 1.02 bits per heavy atom. The summed E-state index contributed by atoms with van der Waals surface area (Å²) in [5, 5.41) is 15.9. The molecule has 1 N–H and O–H groups in total. The average molecular weight is 615 g/mol. The number of hydrogen-bond donors (Lipinski definition) is 1. The number of fused-ring (bicyclic) bond motifs is 1. The number of ketones is 1. The van der Waals surface area contributed by atoms with E-state index >= 15 is 0 Å². The van der Waals surface area contributed by atoms with Gasteiger partial charge in [-0.15, -0.1) is 0 Å². The van der Waals surface area contributed by atoms with Crippen molar-refractivity contribution in [2.45, 2.75) is 25.2 Å². The van der Waals surface area contributed by atoms with Crippen molar-refractivity contribution in [3.63, 3.8) is 0 Å². The normalized spacial score (nSPS) is 11.9. The van der Waals surface area contributed by atoms with Crippen LogP contribution < -0.4 is 5.32 Å². The van der Waals surface area contributed by atoms with Crippen LogP contribution in [-0.4, -0.2) is 27.6 Å². The van der Waals surface area contributed by atoms with E-state index in [-0.39, 0.29) is 27.7 Å². The van der Waals surface area contributed by atoms with E-state index in [9.17, 15) is 50.0 Å². The molecule has 1 aromatic heterocycles. The highest BCUT2D eigenvalue weighted by Gasteiger charge is 2.33. The summed E-state index contributed by atoms with van der Waals surface area (Å²) in [4.78, 5) is 26.7. The van der Waals surface area contributed by atoms with Crippen LogP contribution in [0.25, 0.3) is 10.9 Å². The molecule has 0 saturated heterocycles. The maximum atomic E-state index is 14.0. The number of aryl methyl sites for hydroxylation is 2. The monoisotopic (exact) mass is 614 g/mol. The largest absolute Gasteiger partial charge is 0.416 e. The third kappa shape index (κ3) is 6.20. The number of nitrogens with zero attached hydrogens (tertiary/aromatic N) is 3. The van der Waals surface area contributed by atoms with Gasteiger partial charge in [0, 0.05) is 35.7 Å². The SMILES string of the molecule is Cn1nc2c(C#N)c(C(=O)c3cc(F)ccc3Cl)c(NC(=O)c3cc(F)cc(C(F)(F)F)c3)cc2c1CCC(F)(F)F. The molecule has 4 aromatic rings. The molecule has 218 valence electrons. The van der Waals surface area contributed by atoms with Crippen LogP contribution in [0.3, 0.4) is 0 Å². The summed E-state index contributed by atoms with van der Waals surface area (Å²) in [6.07, 6.45) is -11.5. The van der Waals surface area contributed by atoms with Crippen LogP contribution in [0.15, 0.2) is 42.5 Å². The molecule has 3 aromatic carbocycles. The van der Waals surface area contributed by atoms with E-state index in [2.05, 4.69) is 10.4 Å². The van der Waals surface area contributed by atoms with E-state index in [0.29, 0.717) is 12.1 Å². The molecular formula is C27H15ClF8N4O2. The number of alkyl halides is 6. The minimum atomic E-state index is -5.03. The van der Waals surface area contributed by atoms with Gasteiger partial charge < -0.3 is 5.32 Å². The first-order valence-corrected chi connectivity index (χ1v) is 12.1. The van der Waals surface area contributed by atoms with E-state index in [1.54, 1.807) is 6.07 Å². The standard InChI is InChI=1S/C27H15ClF8N4O2/c1-40-21(4-5-26(31,32)33)17-10-20(38-25(42)12-6-13(27(34,35)36)8-15(30)7-12)22(18(11-37)23(17)39-40)24(41)16-9-14(29)2-3-19(16)28/h2-3,6-10H,4-5H2,1H3,(H,38,42). The lowest BCUT2D eigenvalue weighted by molar-refractivity contribution is -0.138. The molecule has 0 aliphatic carbocycles. The molecule has 0 aliphatic heterocycles. The first kappa shape index (κ1) is 30.4. The van der Waals surface area contributed by atoms with Crippen LogP contribution in [-0.2, 0) is 19.6 Å². The maximum Gasteiger partial charge on any atom is 0.416 e. The topological polar surface area (TPSA) is 87.8 Å². The molecule has 6 nitrogen and oxygen atoms in total. The second-order valence-corrected chi connectivity index (χ2v) is 9.41. The zero-order chi connectivity index (χ0) is 31.1. The van der Waals surface area contributed by atoms with Crippen molar-refractivity contribution in [1.29, 1.82) is 5.26 Å². The summed E-state index contributed by atoms with van der Waals surface area (Å²) in [6, 6.07) is 6.40. The second-order valence-electron chi connectivity index (χ2n) is 9.00. The average Bonchev–Trinajstić information content (AvgIpc) is 3.20. The van der Waals surface area contributed by atoms with Gasteiger partial charge in [0.25, 0.3) is 5.91 Å². The summed E-state index contributed by atoms with van der Waals surface area (Å²) in [5.41, 5.74) is -4.80. The van der Waals surface area contributed by atoms with E-state index in [1.165, 1.54) is 7.05 Å². The smallest absolute Gasteiger partial charge is 0.321 e. The van der Waals surface area contributed by atoms with Gasteiger partial charge in [0.15, 0.2) is 5.78 Å². The summed E-state index contributed by atoms with van der Waals surface area (Å²) >= 11 is 6.07. The summed E-state index contributed by atoms with van der Waals surface area (Å²) in [5.74, 6) is -4.79. The van der Waals surface area contributed by atoms with Gasteiger partial charge >= 0.3 is 12.4 Å². The van der Waals surface area contributed by atoms with E-state index in [4.69, 9.17) is 11.6 Å². The highest BCUT2D eigenvalue weighted by atomic mass is 35.5. The van der Waals surface area contributed by atoms with Gasteiger partial charge in [-0.05, 0) is 48.9 Å². The minimum absolute atomic E-state index is 0.0535. The zero-order valence-electron chi connectivity index (χ0n) is 21.0. The third-order valence-corrected chi connectivity index (χ3v) is 6.47. The van der Waals surface area contributed by atoms with Gasteiger partial charge in [0.2, 0.25) is 0 Å². The molecule has 0 fully saturated rings. The number of amides is 1. The second kappa shape index (κ2) is 11.1. The number of rotatable bonds is 6. The summed E-state index contributed by atoms with van der Waals surface area (Å²) in [6.45, 7) is 0. The molecule has 0 aliphatic rings. The van der Waals surface area contributed by atoms with Crippen molar-refractivity contribution in [3.8, 4) is 6.07 Å². The van der Waals surface area contributed by atoms with Crippen LogP contribution in [0.2, 0.25) is 5.02 Å². The molecule has 4 rings (SSSR count). The highest BCUT2D eigenvalue weighted by Crippen LogP contribution is 2.36. The Hall–Kier alpha value is -4.51. The molecule has 0 spiro atoms. The fourth-order valence-electron chi connectivity index (χ4n) is 4.27. The first-order valence-electron chi connectivity index (χ1n) is 11.7. The predicted octanol–water partition coefficient (Wildman–Crippen LogP) is 7.37. The Morgan fingerprint density at radius 3 is 2.33 bits per heavy atom. The van der Waals surface area contributed by atoms with Gasteiger partial charge in [0.1, 0.15) is 23.2 Å². The Balaban J connectivity index is 1.96. The van der Waals surface area contributed by atoms with Crippen molar-refractivity contribution in [1.82, 2.24) is 9.78 Å². The molecule has 0 saturated carbocycles. The number of halogens is 9. The van der Waals surface area contributed by atoms with E-state index < -0.39 is 82.0 Å². The lowest BCUT2D eigenvalue weighted by Crippen LogP contribution is -2.18. The van der Waals surface area contributed by atoms with Crippen LogP contribution in [0.1, 0.15) is 49.5 Å². The molecule has 1 heterocycles. The Morgan fingerprint density at radius 2 is 1.71 bits per heavy atom. The summed E-state index contributed by atoms with van der Waals surface area (Å²) in [7, 11) is 1.28. The number of hydrogen-bond acceptors (Lipinski definition) is 4. The van der Waals surface area contributed by atoms with Gasteiger partial charge in [-0.1, -0.05) is 11.6 Å². The van der Waals surface area contributed by atoms with Gasteiger partial charge in [-0.3, -0.25) is 14.3 Å². The molecule has 0 radical (unpaired) electrons. The molecule has 0 atom stereocenters. The fraction of sp³-hybridized carbons (Fsp3) is 0.185. The quantitative estimate of drug-likeness (QED) is 0.181. The van der Waals surface area contributed by atoms with Crippen LogP contribution in [0.4, 0.5) is 40.8 Å². The molecule has 1 amide bonds. The molecule has 0 unspecified atom stereocenters. The number of anilines is 1. The van der Waals surface area contributed by atoms with Crippen molar-refractivity contribution in [2.24, 2.45) is 7.05 Å². The van der Waals surface area contributed by atoms with Gasteiger partial charge in [-0.25, -0.2) is 8.78 Å². The fourth-order valence-corrected chi connectivity index (χ4v) is 4.47. The number of aromatic nitrogens is 2. The molecule has 15 heteroatoms. The first-order chi connectivity index (χ1) is 19.5. The van der Waals surface area contributed by atoms with Crippen LogP contribution in [0.5, 0.6) is 0 Å². The maximum absolute atomic E-state index is 14.0. The lowest BCUT2D eigenvalue weighted by Gasteiger charge is -2.15. The Kier molecular flexibility index (Phi) is 8.01. The molecule has 0 bridgehead atoms. The van der Waals surface area contributed by atoms with Crippen molar-refractivity contribution in [3.05, 3.63) is 92.6 Å². The summed E-state index contributed by atoms with van der Waals surface area (Å²) < 4.78 is 108. The zero-order valence-corrected chi connectivity index (χ0v) is 21.8. The molecule has 42 heavy (non-hydrogen) atoms. The Bertz CT molecular complexity index is 1790. The predicted molar refractivity (Wildman–Crippen MR) is 134 cm³/mol. The van der Waals surface area contributed by atoms with Gasteiger partial charge in [-0.2, -0.15) is 36.7 Å². The number of carbonyl (C=O) groups excluding carboxylic acids is 2. The highest BCUT2D eigenvalue weighted by molar-refractivity contribution is 6.35. The van der Waals surface area contributed by atoms with Crippen molar-refractivity contribution >= 4 is 39.9 Å². The van der Waals surface area contributed by atoms with Crippen LogP contribution >= 0.6 is 11.6 Å². The van der Waals surface area contributed by atoms with Crippen molar-refractivity contribution in [2.75, 3.05) is 5.32 Å². The number of nitriles is 1. The Labute approximate surface area is 236 Å². The van der Waals surface area contributed by atoms with Crippen molar-refractivity contribution < 1.29 is 44.7 Å². The van der Waals surface area contributed by atoms with E-state index in [0.717, 1.165) is 28.9 Å². The molecular weight excluding hydrogens is 600 g/mol. The van der Waals surface area contributed by atoms with Crippen LogP contribution in [0, 0.1) is 23.0 Å². The lowest BCUT2D eigenvalue weighted by atomic mass is 9.93. The third-order valence-electron chi connectivity index (χ3n) is 6.14. The number of carbonyl (C=O) groups is 2. The number of nitrogens with one attached hydrogen (secondary N) is 1. The van der Waals surface area contributed by atoms with Gasteiger partial charge in [0.05, 0.1) is 27.4 Å². The van der Waals surface area contributed by atoms with E-state index in [1.807, 2.05) is 0 Å². The minimum Gasteiger partial charge on any atom is -0.321 e.